The molecule has 0 aliphatic rings. The molecule has 0 saturated heterocycles. The number of hydrogen-bond acceptors (Lipinski definition) is 6. The number of aliphatic hydroxyl groups excluding tert-OH is 1. The Kier molecular flexibility index (Phi) is 7.86. The van der Waals surface area contributed by atoms with Crippen LogP contribution in [0.1, 0.15) is 42.3 Å². The predicted octanol–water partition coefficient (Wildman–Crippen LogP) is 5.18. The fraction of sp³-hybridized carbons (Fsp3) is 0.391. The minimum absolute atomic E-state index is 0.201. The lowest BCUT2D eigenvalue weighted by Gasteiger charge is -2.17. The first-order valence-electron chi connectivity index (χ1n) is 10.3. The Morgan fingerprint density at radius 3 is 2.47 bits per heavy atom. The number of halogens is 3. The molecule has 0 aliphatic heterocycles. The van der Waals surface area contributed by atoms with Crippen molar-refractivity contribution in [2.75, 3.05) is 13.2 Å². The van der Waals surface area contributed by atoms with Crippen LogP contribution in [-0.2, 0) is 18.1 Å². The van der Waals surface area contributed by atoms with E-state index in [2.05, 4.69) is 22.3 Å². The van der Waals surface area contributed by atoms with Gasteiger partial charge in [0.15, 0.2) is 0 Å². The van der Waals surface area contributed by atoms with E-state index in [1.807, 2.05) is 18.2 Å². The number of aliphatic hydroxyl groups is 1. The van der Waals surface area contributed by atoms with Gasteiger partial charge in [-0.2, -0.15) is 13.2 Å². The predicted molar refractivity (Wildman–Crippen MR) is 118 cm³/mol. The van der Waals surface area contributed by atoms with E-state index in [1.54, 1.807) is 6.92 Å². The van der Waals surface area contributed by atoms with Crippen molar-refractivity contribution in [3.05, 3.63) is 64.7 Å². The molecule has 1 unspecified atom stereocenters. The Balaban J connectivity index is 1.63. The number of aromatic nitrogens is 2. The second-order valence-electron chi connectivity index (χ2n) is 7.84. The van der Waals surface area contributed by atoms with Gasteiger partial charge in [0.2, 0.25) is 0 Å². The molecular formula is C23H26F3N3O2S. The summed E-state index contributed by atoms with van der Waals surface area (Å²) >= 11 is 1.05. The van der Waals surface area contributed by atoms with E-state index >= 15 is 0 Å². The minimum atomic E-state index is -4.57. The van der Waals surface area contributed by atoms with Gasteiger partial charge < -0.3 is 15.6 Å². The molecule has 1 heterocycles. The number of ether oxygens (including phenoxy) is 1. The summed E-state index contributed by atoms with van der Waals surface area (Å²) in [6, 6.07) is 13.9. The molecule has 3 aromatic rings. The standard InChI is InChI=1S/C23H26F3N3O2S/c1-22(27,15-30)21-29-28-20(32-21)17-11-12-19(18(14-17)23(24,25)26)31-13-7-3-6-10-16-8-4-2-5-9-16/h2,4-5,8-9,11-12,14,30H,3,6-7,10,13,15,27H2,1H3. The van der Waals surface area contributed by atoms with Crippen molar-refractivity contribution < 1.29 is 23.0 Å². The van der Waals surface area contributed by atoms with Crippen molar-refractivity contribution in [3.8, 4) is 16.3 Å². The summed E-state index contributed by atoms with van der Waals surface area (Å²) in [5, 5.41) is 17.9. The van der Waals surface area contributed by atoms with Gasteiger partial charge in [0.25, 0.3) is 0 Å². The van der Waals surface area contributed by atoms with Gasteiger partial charge in [-0.1, -0.05) is 41.7 Å². The van der Waals surface area contributed by atoms with Gasteiger partial charge in [0, 0.05) is 5.56 Å². The number of alkyl halides is 3. The monoisotopic (exact) mass is 465 g/mol. The molecule has 3 rings (SSSR count). The number of benzene rings is 2. The first-order chi connectivity index (χ1) is 15.2. The number of nitrogens with zero attached hydrogens (tertiary/aromatic N) is 2. The first-order valence-corrected chi connectivity index (χ1v) is 11.1. The third-order valence-corrected chi connectivity index (χ3v) is 6.24. The van der Waals surface area contributed by atoms with Gasteiger partial charge in [-0.3, -0.25) is 0 Å². The van der Waals surface area contributed by atoms with Gasteiger partial charge in [0.05, 0.1) is 24.3 Å². The molecule has 1 atom stereocenters. The van der Waals surface area contributed by atoms with E-state index in [0.717, 1.165) is 36.7 Å². The highest BCUT2D eigenvalue weighted by Gasteiger charge is 2.35. The molecule has 1 aromatic heterocycles. The smallest absolute Gasteiger partial charge is 0.419 e. The lowest BCUT2D eigenvalue weighted by Crippen LogP contribution is -2.36. The second-order valence-corrected chi connectivity index (χ2v) is 8.82. The first kappa shape index (κ1) is 24.2. The molecule has 0 aliphatic carbocycles. The van der Waals surface area contributed by atoms with Crippen LogP contribution in [0.4, 0.5) is 13.2 Å². The van der Waals surface area contributed by atoms with Crippen molar-refractivity contribution in [1.29, 1.82) is 0 Å². The van der Waals surface area contributed by atoms with E-state index in [9.17, 15) is 18.3 Å². The maximum Gasteiger partial charge on any atom is 0.419 e. The quantitative estimate of drug-likeness (QED) is 0.403. The Morgan fingerprint density at radius 1 is 1.03 bits per heavy atom. The molecule has 5 nitrogen and oxygen atoms in total. The van der Waals surface area contributed by atoms with Gasteiger partial charge >= 0.3 is 6.18 Å². The summed E-state index contributed by atoms with van der Waals surface area (Å²) in [5.74, 6) is -0.201. The van der Waals surface area contributed by atoms with Gasteiger partial charge in [-0.15, -0.1) is 10.2 Å². The Morgan fingerprint density at radius 2 is 1.78 bits per heavy atom. The zero-order chi connectivity index (χ0) is 23.2. The van der Waals surface area contributed by atoms with Crippen LogP contribution in [0.25, 0.3) is 10.6 Å². The summed E-state index contributed by atoms with van der Waals surface area (Å²) in [6.45, 7) is 1.44. The lowest BCUT2D eigenvalue weighted by atomic mass is 10.1. The van der Waals surface area contributed by atoms with Crippen molar-refractivity contribution in [2.24, 2.45) is 5.73 Å². The number of unbranched alkanes of at least 4 members (excludes halogenated alkanes) is 2. The zero-order valence-corrected chi connectivity index (χ0v) is 18.5. The van der Waals surface area contributed by atoms with Crippen LogP contribution >= 0.6 is 11.3 Å². The van der Waals surface area contributed by atoms with Crippen LogP contribution in [0.5, 0.6) is 5.75 Å². The molecule has 3 N–H and O–H groups in total. The average Bonchev–Trinajstić information content (AvgIpc) is 3.27. The van der Waals surface area contributed by atoms with Crippen LogP contribution in [0.2, 0.25) is 0 Å². The number of nitrogens with two attached hydrogens (primary N) is 1. The molecule has 0 radical (unpaired) electrons. The molecule has 0 spiro atoms. The number of rotatable bonds is 10. The highest BCUT2D eigenvalue weighted by molar-refractivity contribution is 7.14. The third kappa shape index (κ3) is 6.27. The van der Waals surface area contributed by atoms with Crippen LogP contribution in [-0.4, -0.2) is 28.5 Å². The molecule has 32 heavy (non-hydrogen) atoms. The summed E-state index contributed by atoms with van der Waals surface area (Å²) in [7, 11) is 0. The fourth-order valence-electron chi connectivity index (χ4n) is 3.08. The molecular weight excluding hydrogens is 439 g/mol. The van der Waals surface area contributed by atoms with Crippen LogP contribution < -0.4 is 10.5 Å². The van der Waals surface area contributed by atoms with Crippen LogP contribution in [0.15, 0.2) is 48.5 Å². The van der Waals surface area contributed by atoms with Crippen LogP contribution in [0, 0.1) is 0 Å². The van der Waals surface area contributed by atoms with Crippen molar-refractivity contribution in [1.82, 2.24) is 10.2 Å². The topological polar surface area (TPSA) is 81.3 Å². The molecule has 0 fully saturated rings. The average molecular weight is 466 g/mol. The molecule has 0 bridgehead atoms. The largest absolute Gasteiger partial charge is 0.493 e. The summed E-state index contributed by atoms with van der Waals surface area (Å²) in [4.78, 5) is 0. The normalized spacial score (nSPS) is 13.7. The highest BCUT2D eigenvalue weighted by atomic mass is 32.1. The highest BCUT2D eigenvalue weighted by Crippen LogP contribution is 2.39. The molecule has 9 heteroatoms. The Bertz CT molecular complexity index is 1010. The molecule has 172 valence electrons. The summed E-state index contributed by atoms with van der Waals surface area (Å²) in [6.07, 6.45) is -1.15. The molecule has 0 amide bonds. The van der Waals surface area contributed by atoms with E-state index in [-0.39, 0.29) is 24.5 Å². The minimum Gasteiger partial charge on any atom is -0.493 e. The summed E-state index contributed by atoms with van der Waals surface area (Å²) in [5.41, 5.74) is 5.49. The fourth-order valence-corrected chi connectivity index (χ4v) is 3.97. The van der Waals surface area contributed by atoms with Gasteiger partial charge in [0.1, 0.15) is 15.8 Å². The van der Waals surface area contributed by atoms with Crippen molar-refractivity contribution in [3.63, 3.8) is 0 Å². The third-order valence-electron chi connectivity index (χ3n) is 4.98. The molecule has 0 saturated carbocycles. The number of hydrogen-bond donors (Lipinski definition) is 2. The maximum atomic E-state index is 13.6. The second kappa shape index (κ2) is 10.4. The van der Waals surface area contributed by atoms with Crippen molar-refractivity contribution >= 4 is 11.3 Å². The van der Waals surface area contributed by atoms with Gasteiger partial charge in [-0.05, 0) is 56.4 Å². The zero-order valence-electron chi connectivity index (χ0n) is 17.7. The SMILES string of the molecule is CC(N)(CO)c1nnc(-c2ccc(OCCCCCc3ccccc3)c(C(F)(F)F)c2)s1. The van der Waals surface area contributed by atoms with E-state index < -0.39 is 17.3 Å². The molecule has 2 aromatic carbocycles. The van der Waals surface area contributed by atoms with E-state index in [4.69, 9.17) is 10.5 Å². The van der Waals surface area contributed by atoms with E-state index in [0.29, 0.717) is 16.4 Å². The van der Waals surface area contributed by atoms with E-state index in [1.165, 1.54) is 17.7 Å². The van der Waals surface area contributed by atoms with Crippen LogP contribution in [0.3, 0.4) is 0 Å². The maximum absolute atomic E-state index is 13.6. The Labute approximate surface area is 189 Å². The Hall–Kier alpha value is -2.49. The number of aryl methyl sites for hydroxylation is 1. The summed E-state index contributed by atoms with van der Waals surface area (Å²) < 4.78 is 46.4. The lowest BCUT2D eigenvalue weighted by molar-refractivity contribution is -0.138. The van der Waals surface area contributed by atoms with Gasteiger partial charge in [-0.25, -0.2) is 0 Å². The van der Waals surface area contributed by atoms with Crippen molar-refractivity contribution in [2.45, 2.75) is 44.3 Å².